The number of anilines is 1. The van der Waals surface area contributed by atoms with Crippen LogP contribution in [0.25, 0.3) is 5.69 Å². The van der Waals surface area contributed by atoms with Gasteiger partial charge >= 0.3 is 0 Å². The molecule has 0 bridgehead atoms. The summed E-state index contributed by atoms with van der Waals surface area (Å²) in [6.45, 7) is 0. The van der Waals surface area contributed by atoms with Gasteiger partial charge in [-0.3, -0.25) is 19.5 Å². The van der Waals surface area contributed by atoms with Crippen LogP contribution in [0.3, 0.4) is 0 Å². The lowest BCUT2D eigenvalue weighted by Crippen LogP contribution is -2.15. The molecule has 0 aliphatic rings. The van der Waals surface area contributed by atoms with Crippen LogP contribution in [0.5, 0.6) is 0 Å². The van der Waals surface area contributed by atoms with Crippen molar-refractivity contribution in [2.45, 2.75) is 5.16 Å². The van der Waals surface area contributed by atoms with Crippen LogP contribution in [-0.2, 0) is 4.79 Å². The van der Waals surface area contributed by atoms with Crippen LogP contribution in [0, 0.1) is 10.1 Å². The molecular formula is C16H12ClN5O3S. The zero-order valence-electron chi connectivity index (χ0n) is 13.2. The smallest absolute Gasteiger partial charge is 0.271 e. The molecular weight excluding hydrogens is 378 g/mol. The monoisotopic (exact) mass is 389 g/mol. The van der Waals surface area contributed by atoms with Gasteiger partial charge in [0.2, 0.25) is 5.91 Å². The zero-order valence-corrected chi connectivity index (χ0v) is 14.8. The molecule has 1 amide bonds. The number of thioether (sulfide) groups is 1. The summed E-state index contributed by atoms with van der Waals surface area (Å²) in [6.07, 6.45) is 1.56. The van der Waals surface area contributed by atoms with Crippen molar-refractivity contribution in [1.29, 1.82) is 0 Å². The highest BCUT2D eigenvalue weighted by Gasteiger charge is 2.14. The number of nitrogens with zero attached hydrogens (tertiary/aromatic N) is 4. The van der Waals surface area contributed by atoms with E-state index in [0.717, 1.165) is 5.69 Å². The number of benzene rings is 2. The SMILES string of the molecule is O=C(CSc1nncn1-c1ccccc1)Nc1cc([N+](=O)[O-])ccc1Cl. The standard InChI is InChI=1S/C16H12ClN5O3S/c17-13-7-6-12(22(24)25)8-14(13)19-15(23)9-26-16-20-18-10-21(16)11-4-2-1-3-5-11/h1-8,10H,9H2,(H,19,23). The highest BCUT2D eigenvalue weighted by molar-refractivity contribution is 7.99. The predicted octanol–water partition coefficient (Wildman–Crippen LogP) is 3.56. The average molecular weight is 390 g/mol. The second-order valence-corrected chi connectivity index (χ2v) is 6.43. The normalized spacial score (nSPS) is 10.5. The Kier molecular flexibility index (Phi) is 5.49. The van der Waals surface area contributed by atoms with Crippen molar-refractivity contribution < 1.29 is 9.72 Å². The lowest BCUT2D eigenvalue weighted by atomic mass is 10.3. The molecule has 26 heavy (non-hydrogen) atoms. The number of nitrogens with one attached hydrogen (secondary N) is 1. The molecule has 10 heteroatoms. The van der Waals surface area contributed by atoms with E-state index < -0.39 is 4.92 Å². The van der Waals surface area contributed by atoms with Gasteiger partial charge in [-0.25, -0.2) is 0 Å². The molecule has 1 N–H and O–H groups in total. The van der Waals surface area contributed by atoms with Crippen molar-refractivity contribution in [1.82, 2.24) is 14.8 Å². The summed E-state index contributed by atoms with van der Waals surface area (Å²) >= 11 is 7.17. The third-order valence-corrected chi connectivity index (χ3v) is 4.59. The Morgan fingerprint density at radius 2 is 2.04 bits per heavy atom. The first kappa shape index (κ1) is 17.9. The molecule has 0 saturated heterocycles. The van der Waals surface area contributed by atoms with Gasteiger partial charge < -0.3 is 5.32 Å². The third kappa shape index (κ3) is 4.19. The summed E-state index contributed by atoms with van der Waals surface area (Å²) < 4.78 is 1.76. The first-order valence-electron chi connectivity index (χ1n) is 7.36. The molecule has 0 atom stereocenters. The first-order chi connectivity index (χ1) is 12.5. The first-order valence-corrected chi connectivity index (χ1v) is 8.73. The summed E-state index contributed by atoms with van der Waals surface area (Å²) in [5.41, 5.74) is 0.916. The molecule has 132 valence electrons. The molecule has 8 nitrogen and oxygen atoms in total. The average Bonchev–Trinajstić information content (AvgIpc) is 3.11. The highest BCUT2D eigenvalue weighted by Crippen LogP contribution is 2.27. The Hall–Kier alpha value is -2.91. The number of hydrogen-bond donors (Lipinski definition) is 1. The topological polar surface area (TPSA) is 103 Å². The van der Waals surface area contributed by atoms with Gasteiger partial charge in [0.15, 0.2) is 5.16 Å². The lowest BCUT2D eigenvalue weighted by molar-refractivity contribution is -0.384. The Morgan fingerprint density at radius 1 is 1.27 bits per heavy atom. The number of rotatable bonds is 6. The van der Waals surface area contributed by atoms with E-state index in [-0.39, 0.29) is 28.1 Å². The number of nitro groups is 1. The quantitative estimate of drug-likeness (QED) is 0.393. The number of nitro benzene ring substituents is 1. The van der Waals surface area contributed by atoms with Gasteiger partial charge in [0.25, 0.3) is 5.69 Å². The molecule has 0 radical (unpaired) electrons. The van der Waals surface area contributed by atoms with Gasteiger partial charge in [-0.2, -0.15) is 0 Å². The van der Waals surface area contributed by atoms with Crippen LogP contribution in [0.15, 0.2) is 60.0 Å². The van der Waals surface area contributed by atoms with E-state index in [1.807, 2.05) is 30.3 Å². The molecule has 2 aromatic carbocycles. The van der Waals surface area contributed by atoms with Crippen LogP contribution in [0.4, 0.5) is 11.4 Å². The van der Waals surface area contributed by atoms with Gasteiger partial charge in [0, 0.05) is 17.8 Å². The second-order valence-electron chi connectivity index (χ2n) is 5.08. The van der Waals surface area contributed by atoms with Gasteiger partial charge in [-0.1, -0.05) is 41.6 Å². The fourth-order valence-electron chi connectivity index (χ4n) is 2.13. The van der Waals surface area contributed by atoms with E-state index in [1.165, 1.54) is 30.0 Å². The lowest BCUT2D eigenvalue weighted by Gasteiger charge is -2.08. The largest absolute Gasteiger partial charge is 0.324 e. The minimum absolute atomic E-state index is 0.0462. The Bertz CT molecular complexity index is 948. The maximum Gasteiger partial charge on any atom is 0.271 e. The van der Waals surface area contributed by atoms with Gasteiger partial charge in [0.1, 0.15) is 6.33 Å². The third-order valence-electron chi connectivity index (χ3n) is 3.32. The van der Waals surface area contributed by atoms with Crippen molar-refractivity contribution >= 4 is 40.6 Å². The summed E-state index contributed by atoms with van der Waals surface area (Å²) in [7, 11) is 0. The number of non-ortho nitro benzene ring substituents is 1. The van der Waals surface area contributed by atoms with Gasteiger partial charge in [-0.15, -0.1) is 10.2 Å². The van der Waals surface area contributed by atoms with E-state index in [9.17, 15) is 14.9 Å². The van der Waals surface area contributed by atoms with Crippen LogP contribution < -0.4 is 5.32 Å². The molecule has 0 aliphatic heterocycles. The molecule has 0 saturated carbocycles. The Balaban J connectivity index is 1.67. The van der Waals surface area contributed by atoms with Crippen LogP contribution in [0.2, 0.25) is 5.02 Å². The van der Waals surface area contributed by atoms with E-state index in [0.29, 0.717) is 5.16 Å². The summed E-state index contributed by atoms with van der Waals surface area (Å²) in [5, 5.41) is 22.1. The van der Waals surface area contributed by atoms with E-state index >= 15 is 0 Å². The van der Waals surface area contributed by atoms with Crippen LogP contribution >= 0.6 is 23.4 Å². The molecule has 1 aromatic heterocycles. The summed E-state index contributed by atoms with van der Waals surface area (Å²) in [6, 6.07) is 13.3. The number of carbonyl (C=O) groups excluding carboxylic acids is 1. The summed E-state index contributed by atoms with van der Waals surface area (Å²) in [5.74, 6) is -0.315. The van der Waals surface area contributed by atoms with Crippen molar-refractivity contribution in [3.05, 3.63) is 70.0 Å². The Morgan fingerprint density at radius 3 is 2.77 bits per heavy atom. The zero-order chi connectivity index (χ0) is 18.5. The predicted molar refractivity (Wildman–Crippen MR) is 98.8 cm³/mol. The van der Waals surface area contributed by atoms with E-state index in [4.69, 9.17) is 11.6 Å². The second kappa shape index (κ2) is 7.98. The maximum absolute atomic E-state index is 12.2. The van der Waals surface area contributed by atoms with Crippen LogP contribution in [0.1, 0.15) is 0 Å². The number of amides is 1. The van der Waals surface area contributed by atoms with Gasteiger partial charge in [0.05, 0.1) is 21.4 Å². The Labute approximate surface area is 157 Å². The van der Waals surface area contributed by atoms with Crippen molar-refractivity contribution in [3.63, 3.8) is 0 Å². The number of aromatic nitrogens is 3. The molecule has 0 fully saturated rings. The molecule has 0 aliphatic carbocycles. The van der Waals surface area contributed by atoms with Gasteiger partial charge in [-0.05, 0) is 18.2 Å². The minimum Gasteiger partial charge on any atom is -0.324 e. The number of hydrogen-bond acceptors (Lipinski definition) is 6. The number of carbonyl (C=O) groups is 1. The minimum atomic E-state index is -0.553. The fraction of sp³-hybridized carbons (Fsp3) is 0.0625. The van der Waals surface area contributed by atoms with Crippen molar-refractivity contribution in [3.8, 4) is 5.69 Å². The molecule has 3 aromatic rings. The molecule has 0 spiro atoms. The summed E-state index contributed by atoms with van der Waals surface area (Å²) in [4.78, 5) is 22.4. The maximum atomic E-state index is 12.2. The molecule has 3 rings (SSSR count). The molecule has 0 unspecified atom stereocenters. The molecule has 1 heterocycles. The van der Waals surface area contributed by atoms with Crippen LogP contribution in [-0.4, -0.2) is 31.3 Å². The van der Waals surface area contributed by atoms with E-state index in [2.05, 4.69) is 15.5 Å². The number of para-hydroxylation sites is 1. The fourth-order valence-corrected chi connectivity index (χ4v) is 3.02. The number of halogens is 1. The highest BCUT2D eigenvalue weighted by atomic mass is 35.5. The van der Waals surface area contributed by atoms with Crippen molar-refractivity contribution in [2.75, 3.05) is 11.1 Å². The van der Waals surface area contributed by atoms with E-state index in [1.54, 1.807) is 10.9 Å². The van der Waals surface area contributed by atoms with Crippen molar-refractivity contribution in [2.24, 2.45) is 0 Å².